The Kier molecular flexibility index (Phi) is 9.86. The number of hydrogen-bond donors (Lipinski definition) is 2. The molecular formula is C19H10F16O9S3. The number of rotatable bonds is 13. The minimum absolute atomic E-state index is 0.117. The summed E-state index contributed by atoms with van der Waals surface area (Å²) in [4.78, 5) is -6.91. The van der Waals surface area contributed by atoms with Crippen molar-refractivity contribution in [2.24, 2.45) is 0 Å². The molecule has 0 aliphatic heterocycles. The number of alkyl halides is 16. The van der Waals surface area contributed by atoms with Crippen LogP contribution in [0.5, 0.6) is 0 Å². The van der Waals surface area contributed by atoms with Gasteiger partial charge in [-0.05, 0) is 11.5 Å². The van der Waals surface area contributed by atoms with Gasteiger partial charge < -0.3 is 0 Å². The second-order valence-electron chi connectivity index (χ2n) is 8.92. The molecule has 0 aliphatic carbocycles. The quantitative estimate of drug-likeness (QED) is 0.147. The molecule has 0 saturated carbocycles. The zero-order chi connectivity index (χ0) is 37.4. The Bertz CT molecular complexity index is 1880. The fraction of sp³-hybridized carbons (Fsp3) is 0.474. The molecular weight excluding hydrogens is 772 g/mol. The summed E-state index contributed by atoms with van der Waals surface area (Å²) in [7, 11) is -19.0. The van der Waals surface area contributed by atoms with Gasteiger partial charge in [0.05, 0.1) is 0 Å². The average molecular weight is 782 g/mol. The largest absolute Gasteiger partial charge is 0.384 e. The first kappa shape index (κ1) is 40.5. The zero-order valence-electron chi connectivity index (χ0n) is 21.2. The van der Waals surface area contributed by atoms with Crippen LogP contribution >= 0.6 is 0 Å². The van der Waals surface area contributed by atoms with E-state index in [-0.39, 0.29) is 6.07 Å². The molecule has 0 saturated heterocycles. The van der Waals surface area contributed by atoms with Gasteiger partial charge in [0.25, 0.3) is 30.4 Å². The van der Waals surface area contributed by atoms with E-state index in [4.69, 9.17) is 0 Å². The van der Waals surface area contributed by atoms with Crippen LogP contribution in [0.1, 0.15) is 0 Å². The predicted molar refractivity (Wildman–Crippen MR) is 117 cm³/mol. The average Bonchev–Trinajstić information content (AvgIpc) is 2.89. The molecule has 47 heavy (non-hydrogen) atoms. The Hall–Kier alpha value is -2.69. The van der Waals surface area contributed by atoms with Crippen molar-refractivity contribution in [2.45, 2.75) is 62.6 Å². The molecule has 0 aliphatic rings. The molecule has 2 N–H and O–H groups in total. The van der Waals surface area contributed by atoms with E-state index in [0.29, 0.717) is 12.1 Å². The van der Waals surface area contributed by atoms with Crippen LogP contribution in [0, 0.1) is 0 Å². The van der Waals surface area contributed by atoms with Crippen molar-refractivity contribution in [3.05, 3.63) is 30.3 Å². The molecule has 2 aromatic carbocycles. The van der Waals surface area contributed by atoms with Crippen molar-refractivity contribution in [3.8, 4) is 0 Å². The highest BCUT2D eigenvalue weighted by molar-refractivity contribution is 7.91. The molecule has 0 amide bonds. The summed E-state index contributed by atoms with van der Waals surface area (Å²) in [6, 6.07) is 2.91. The maximum atomic E-state index is 14.3. The highest BCUT2D eigenvalue weighted by Gasteiger charge is 2.93. The SMILES string of the molecule is O=S(=O)(O)c1cc2ccccc2c(S(=O)(=O)OCC(F)(F)C(F)(F)C(F)(F)C(F)(F)C(F)(F)C(F)(F)C(F)(F)C(F)F)c1S(=O)(=O)O. The molecule has 0 bridgehead atoms. The van der Waals surface area contributed by atoms with Crippen LogP contribution in [0.2, 0.25) is 0 Å². The standard InChI is InChI=1S/C19H10F16O9S3/c20-12(21)14(24,25)16(28,29)18(32,33)19(34,35)17(30,31)15(26,27)13(22,23)6-44-47(42,43)10-8-4-2-1-3-7(8)5-9(45(36,37)38)11(10)46(39,40)41/h1-5,12H,6H2,(H,36,37,38)(H,39,40,41). The van der Waals surface area contributed by atoms with Crippen molar-refractivity contribution in [2.75, 3.05) is 6.61 Å². The molecule has 0 aromatic heterocycles. The van der Waals surface area contributed by atoms with E-state index in [0.717, 1.165) is 12.1 Å². The topological polar surface area (TPSA) is 152 Å². The zero-order valence-corrected chi connectivity index (χ0v) is 23.6. The van der Waals surface area contributed by atoms with E-state index in [1.165, 1.54) is 0 Å². The first-order chi connectivity index (χ1) is 20.5. The summed E-state index contributed by atoms with van der Waals surface area (Å²) >= 11 is 0. The summed E-state index contributed by atoms with van der Waals surface area (Å²) < 4.78 is 311. The van der Waals surface area contributed by atoms with Crippen LogP contribution in [0.25, 0.3) is 10.8 Å². The molecule has 2 rings (SSSR count). The lowest BCUT2D eigenvalue weighted by molar-refractivity contribution is -0.447. The Morgan fingerprint density at radius 2 is 1.04 bits per heavy atom. The van der Waals surface area contributed by atoms with Crippen LogP contribution in [-0.4, -0.2) is 88.8 Å². The van der Waals surface area contributed by atoms with E-state index in [1.807, 2.05) is 0 Å². The number of fused-ring (bicyclic) bond motifs is 1. The van der Waals surface area contributed by atoms with Crippen molar-refractivity contribution in [3.63, 3.8) is 0 Å². The predicted octanol–water partition coefficient (Wildman–Crippen LogP) is 5.75. The Morgan fingerprint density at radius 1 is 0.617 bits per heavy atom. The highest BCUT2D eigenvalue weighted by atomic mass is 32.2. The maximum Gasteiger partial charge on any atom is 0.384 e. The van der Waals surface area contributed by atoms with E-state index in [2.05, 4.69) is 4.18 Å². The van der Waals surface area contributed by atoms with Crippen molar-refractivity contribution < 1.29 is 109 Å². The van der Waals surface area contributed by atoms with Crippen LogP contribution in [0.15, 0.2) is 45.0 Å². The lowest BCUT2D eigenvalue weighted by Crippen LogP contribution is -2.74. The molecule has 9 nitrogen and oxygen atoms in total. The van der Waals surface area contributed by atoms with Crippen LogP contribution in [0.3, 0.4) is 0 Å². The number of benzene rings is 2. The van der Waals surface area contributed by atoms with E-state index in [9.17, 15) is 105 Å². The van der Waals surface area contributed by atoms with Gasteiger partial charge in [0.1, 0.15) is 21.3 Å². The lowest BCUT2D eigenvalue weighted by atomic mass is 9.89. The molecule has 2 aromatic rings. The third kappa shape index (κ3) is 6.19. The van der Waals surface area contributed by atoms with Gasteiger partial charge in [-0.2, -0.15) is 86.7 Å². The molecule has 28 heteroatoms. The fourth-order valence-corrected chi connectivity index (χ4v) is 7.22. The summed E-state index contributed by atoms with van der Waals surface area (Å²) in [6.45, 7) is -4.00. The Labute approximate surface area is 249 Å². The van der Waals surface area contributed by atoms with Gasteiger partial charge in [-0.1, -0.05) is 24.3 Å². The van der Waals surface area contributed by atoms with E-state index in [1.54, 1.807) is 0 Å². The van der Waals surface area contributed by atoms with Gasteiger partial charge >= 0.3 is 47.9 Å². The summed E-state index contributed by atoms with van der Waals surface area (Å²) in [5, 5.41) is -2.02. The van der Waals surface area contributed by atoms with Gasteiger partial charge in [-0.15, -0.1) is 0 Å². The summed E-state index contributed by atoms with van der Waals surface area (Å²) in [5.41, 5.74) is 0. The number of halogens is 16. The van der Waals surface area contributed by atoms with Crippen molar-refractivity contribution in [1.29, 1.82) is 0 Å². The second kappa shape index (κ2) is 11.4. The van der Waals surface area contributed by atoms with Crippen LogP contribution in [0.4, 0.5) is 70.2 Å². The van der Waals surface area contributed by atoms with Crippen molar-refractivity contribution >= 4 is 41.1 Å². The third-order valence-electron chi connectivity index (χ3n) is 5.83. The molecule has 0 radical (unpaired) electrons. The smallest absolute Gasteiger partial charge is 0.282 e. The van der Waals surface area contributed by atoms with Gasteiger partial charge in [-0.25, -0.2) is 8.78 Å². The maximum absolute atomic E-state index is 14.3. The summed E-state index contributed by atoms with van der Waals surface area (Å²) in [5.74, 6) is -57.9. The molecule has 0 atom stereocenters. The van der Waals surface area contributed by atoms with Gasteiger partial charge in [0.15, 0.2) is 0 Å². The highest BCUT2D eigenvalue weighted by Crippen LogP contribution is 2.62. The molecule has 0 unspecified atom stereocenters. The first-order valence-corrected chi connectivity index (χ1v) is 15.1. The van der Waals surface area contributed by atoms with E-state index >= 15 is 0 Å². The minimum Gasteiger partial charge on any atom is -0.282 e. The van der Waals surface area contributed by atoms with E-state index < -0.39 is 110 Å². The third-order valence-corrected chi connectivity index (χ3v) is 9.26. The first-order valence-electron chi connectivity index (χ1n) is 10.8. The Morgan fingerprint density at radius 3 is 1.47 bits per heavy atom. The van der Waals surface area contributed by atoms with Gasteiger partial charge in [0.2, 0.25) is 0 Å². The van der Waals surface area contributed by atoms with Crippen LogP contribution in [-0.2, 0) is 34.5 Å². The number of hydrogen-bond acceptors (Lipinski definition) is 7. The Balaban J connectivity index is 2.76. The normalized spacial score (nSPS) is 15.5. The molecule has 270 valence electrons. The summed E-state index contributed by atoms with van der Waals surface area (Å²) in [6.07, 6.45) is -6.07. The second-order valence-corrected chi connectivity index (χ2v) is 13.2. The molecule has 0 fully saturated rings. The van der Waals surface area contributed by atoms with Crippen molar-refractivity contribution in [1.82, 2.24) is 0 Å². The molecule has 0 spiro atoms. The fourth-order valence-electron chi connectivity index (χ4n) is 3.42. The van der Waals surface area contributed by atoms with Crippen LogP contribution < -0.4 is 0 Å². The lowest BCUT2D eigenvalue weighted by Gasteiger charge is -2.42. The van der Waals surface area contributed by atoms with Gasteiger partial charge in [0, 0.05) is 5.39 Å². The minimum atomic E-state index is -8.81. The molecule has 0 heterocycles. The van der Waals surface area contributed by atoms with Gasteiger partial charge in [-0.3, -0.25) is 13.3 Å². The monoisotopic (exact) mass is 782 g/mol.